The number of carbonyl (C=O) groups excluding carboxylic acids is 3. The number of hydrogen-bond donors (Lipinski definition) is 2. The number of carbonyl (C=O) groups is 3. The zero-order valence-electron chi connectivity index (χ0n) is 14.8. The molecule has 8 heteroatoms. The number of nitrogens with one attached hydrogen (secondary N) is 1. The quantitative estimate of drug-likeness (QED) is 0.715. The Morgan fingerprint density at radius 3 is 2.50 bits per heavy atom. The second-order valence-corrected chi connectivity index (χ2v) is 5.54. The van der Waals surface area contributed by atoms with Gasteiger partial charge in [-0.05, 0) is 37.3 Å². The van der Waals surface area contributed by atoms with E-state index in [0.29, 0.717) is 0 Å². The summed E-state index contributed by atoms with van der Waals surface area (Å²) in [6.07, 6.45) is 1.57. The number of hydrogen-bond acceptors (Lipinski definition) is 6. The summed E-state index contributed by atoms with van der Waals surface area (Å²) in [5, 5.41) is 4.42. The van der Waals surface area contributed by atoms with Crippen molar-refractivity contribution < 1.29 is 33.6 Å². The van der Waals surface area contributed by atoms with Crippen LogP contribution in [-0.2, 0) is 14.3 Å². The van der Waals surface area contributed by atoms with E-state index in [1.54, 1.807) is 17.6 Å². The van der Waals surface area contributed by atoms with E-state index in [4.69, 9.17) is 9.15 Å². The van der Waals surface area contributed by atoms with E-state index in [-0.39, 0.29) is 35.3 Å². The number of furan rings is 1. The Hall–Kier alpha value is -3.13. The van der Waals surface area contributed by atoms with Crippen LogP contribution in [0, 0.1) is 0 Å². The smallest absolute Gasteiger partial charge is 0.339 e. The van der Waals surface area contributed by atoms with Gasteiger partial charge in [0.05, 0.1) is 37.3 Å². The van der Waals surface area contributed by atoms with Crippen LogP contribution in [-0.4, -0.2) is 38.6 Å². The molecule has 138 valence electrons. The maximum atomic E-state index is 12.3. The minimum absolute atomic E-state index is 0.0442. The molecule has 1 heterocycles. The molecule has 0 radical (unpaired) electrons. The Bertz CT molecular complexity index is 785. The maximum Gasteiger partial charge on any atom is 0.339 e. The van der Waals surface area contributed by atoms with Gasteiger partial charge in [0, 0.05) is 0 Å². The molecular weight excluding hydrogens is 340 g/mol. The van der Waals surface area contributed by atoms with Gasteiger partial charge in [-0.1, -0.05) is 0 Å². The predicted molar refractivity (Wildman–Crippen MR) is 91.7 cm³/mol. The van der Waals surface area contributed by atoms with Crippen molar-refractivity contribution in [1.82, 2.24) is 0 Å². The van der Waals surface area contributed by atoms with Crippen molar-refractivity contribution >= 4 is 23.5 Å². The van der Waals surface area contributed by atoms with Gasteiger partial charge in [-0.3, -0.25) is 4.79 Å². The van der Waals surface area contributed by atoms with Crippen LogP contribution in [0.3, 0.4) is 0 Å². The second kappa shape index (κ2) is 8.82. The highest BCUT2D eigenvalue weighted by molar-refractivity contribution is 6.03. The normalized spacial score (nSPS) is 11.5. The summed E-state index contributed by atoms with van der Waals surface area (Å²) in [6.45, 7) is 2.01. The molecule has 0 aliphatic heterocycles. The van der Waals surface area contributed by atoms with Gasteiger partial charge in [0.2, 0.25) is 0 Å². The Morgan fingerprint density at radius 2 is 1.88 bits per heavy atom. The molecule has 1 aromatic heterocycles. The molecule has 0 aliphatic carbocycles. The minimum Gasteiger partial charge on any atom is -0.465 e. The van der Waals surface area contributed by atoms with Crippen LogP contribution in [0.15, 0.2) is 41.0 Å². The van der Waals surface area contributed by atoms with Crippen molar-refractivity contribution in [2.75, 3.05) is 26.1 Å². The minimum atomic E-state index is -0.621. The first-order valence-electron chi connectivity index (χ1n) is 7.93. The number of nitrogens with two attached hydrogens (primary N) is 1. The van der Waals surface area contributed by atoms with E-state index in [9.17, 15) is 14.4 Å². The maximum absolute atomic E-state index is 12.3. The van der Waals surface area contributed by atoms with E-state index >= 15 is 0 Å². The van der Waals surface area contributed by atoms with Crippen LogP contribution in [0.25, 0.3) is 0 Å². The third-order valence-electron chi connectivity index (χ3n) is 3.77. The zero-order chi connectivity index (χ0) is 19.1. The number of ether oxygens (including phenoxy) is 2. The summed E-state index contributed by atoms with van der Waals surface area (Å²) in [4.78, 5) is 35.8. The van der Waals surface area contributed by atoms with Gasteiger partial charge in [-0.25, -0.2) is 9.59 Å². The Kier molecular flexibility index (Phi) is 6.51. The molecule has 3 N–H and O–H groups in total. The summed E-state index contributed by atoms with van der Waals surface area (Å²) >= 11 is 0. The average Bonchev–Trinajstić information content (AvgIpc) is 3.19. The lowest BCUT2D eigenvalue weighted by Crippen LogP contribution is -2.86. The molecule has 0 spiro atoms. The van der Waals surface area contributed by atoms with Gasteiger partial charge < -0.3 is 24.5 Å². The fraction of sp³-hybridized carbons (Fsp3) is 0.278. The van der Waals surface area contributed by atoms with E-state index < -0.39 is 11.9 Å². The first-order chi connectivity index (χ1) is 12.5. The third kappa shape index (κ3) is 4.70. The highest BCUT2D eigenvalue weighted by Crippen LogP contribution is 2.19. The highest BCUT2D eigenvalue weighted by Gasteiger charge is 2.19. The first-order valence-corrected chi connectivity index (χ1v) is 7.93. The number of esters is 2. The lowest BCUT2D eigenvalue weighted by Gasteiger charge is -2.12. The van der Waals surface area contributed by atoms with Gasteiger partial charge in [-0.2, -0.15) is 0 Å². The molecule has 0 saturated carbocycles. The molecule has 0 bridgehead atoms. The number of methoxy groups -OCH3 is 2. The molecular formula is C18H21N2O6+. The molecule has 26 heavy (non-hydrogen) atoms. The fourth-order valence-electron chi connectivity index (χ4n) is 2.33. The SMILES string of the molecule is COC(=O)c1ccc(C(=O)OC)c(NC(=O)C[NH2+][C@@H](C)c2ccco2)c1. The molecule has 0 unspecified atom stereocenters. The topological polar surface area (TPSA) is 111 Å². The highest BCUT2D eigenvalue weighted by atomic mass is 16.5. The lowest BCUT2D eigenvalue weighted by molar-refractivity contribution is -0.684. The molecule has 8 nitrogen and oxygen atoms in total. The van der Waals surface area contributed by atoms with Crippen molar-refractivity contribution in [1.29, 1.82) is 0 Å². The van der Waals surface area contributed by atoms with Crippen molar-refractivity contribution in [3.63, 3.8) is 0 Å². The van der Waals surface area contributed by atoms with Gasteiger partial charge in [-0.15, -0.1) is 0 Å². The van der Waals surface area contributed by atoms with Crippen LogP contribution in [0.4, 0.5) is 5.69 Å². The summed E-state index contributed by atoms with van der Waals surface area (Å²) in [7, 11) is 2.49. The molecule has 0 aliphatic rings. The van der Waals surface area contributed by atoms with Crippen molar-refractivity contribution in [3.05, 3.63) is 53.5 Å². The Labute approximate surface area is 150 Å². The lowest BCUT2D eigenvalue weighted by atomic mass is 10.1. The number of amides is 1. The van der Waals surface area contributed by atoms with E-state index in [1.807, 2.05) is 13.0 Å². The standard InChI is InChI=1S/C18H20N2O6/c1-11(15-5-4-8-26-15)19-10-16(21)20-14-9-12(17(22)24-2)6-7-13(14)18(23)25-3/h4-9,11,19H,10H2,1-3H3,(H,20,21)/p+1/t11-/m0/s1. The van der Waals surface area contributed by atoms with Crippen LogP contribution in [0.5, 0.6) is 0 Å². The van der Waals surface area contributed by atoms with Gasteiger partial charge >= 0.3 is 11.9 Å². The van der Waals surface area contributed by atoms with Crippen molar-refractivity contribution in [3.8, 4) is 0 Å². The average molecular weight is 361 g/mol. The van der Waals surface area contributed by atoms with Gasteiger partial charge in [0.15, 0.2) is 12.3 Å². The Balaban J connectivity index is 2.11. The van der Waals surface area contributed by atoms with Crippen LogP contribution >= 0.6 is 0 Å². The Morgan fingerprint density at radius 1 is 1.15 bits per heavy atom. The summed E-state index contributed by atoms with van der Waals surface area (Å²) in [6, 6.07) is 7.78. The summed E-state index contributed by atoms with van der Waals surface area (Å²) < 4.78 is 14.7. The van der Waals surface area contributed by atoms with E-state index in [2.05, 4.69) is 10.1 Å². The molecule has 0 fully saturated rings. The predicted octanol–water partition coefficient (Wildman–Crippen LogP) is 1.12. The second-order valence-electron chi connectivity index (χ2n) is 5.54. The molecule has 1 atom stereocenters. The molecule has 1 amide bonds. The van der Waals surface area contributed by atoms with Crippen LogP contribution in [0.1, 0.15) is 39.4 Å². The van der Waals surface area contributed by atoms with E-state index in [0.717, 1.165) is 5.76 Å². The first kappa shape index (κ1) is 19.2. The largest absolute Gasteiger partial charge is 0.465 e. The molecule has 2 rings (SSSR count). The molecule has 0 saturated heterocycles. The molecule has 2 aromatic rings. The van der Waals surface area contributed by atoms with E-state index in [1.165, 1.54) is 32.4 Å². The molecule has 1 aromatic carbocycles. The van der Waals surface area contributed by atoms with Crippen molar-refractivity contribution in [2.45, 2.75) is 13.0 Å². The number of quaternary nitrogens is 1. The fourth-order valence-corrected chi connectivity index (χ4v) is 2.33. The number of anilines is 1. The monoisotopic (exact) mass is 361 g/mol. The zero-order valence-corrected chi connectivity index (χ0v) is 14.8. The summed E-state index contributed by atoms with van der Waals surface area (Å²) in [5.41, 5.74) is 0.541. The summed E-state index contributed by atoms with van der Waals surface area (Å²) in [5.74, 6) is -0.782. The third-order valence-corrected chi connectivity index (χ3v) is 3.77. The number of rotatable bonds is 7. The number of benzene rings is 1. The van der Waals surface area contributed by atoms with Crippen LogP contribution < -0.4 is 10.6 Å². The van der Waals surface area contributed by atoms with Gasteiger partial charge in [0.1, 0.15) is 6.04 Å². The van der Waals surface area contributed by atoms with Crippen LogP contribution in [0.2, 0.25) is 0 Å². The van der Waals surface area contributed by atoms with Crippen molar-refractivity contribution in [2.24, 2.45) is 0 Å². The van der Waals surface area contributed by atoms with Gasteiger partial charge in [0.25, 0.3) is 5.91 Å².